The van der Waals surface area contributed by atoms with Crippen molar-refractivity contribution >= 4 is 28.7 Å². The fraction of sp³-hybridized carbons (Fsp3) is 0.435. The molecular weight excluding hydrogens is 378 g/mol. The number of aromatic nitrogens is 3. The highest BCUT2D eigenvalue weighted by Gasteiger charge is 2.27. The Labute approximate surface area is 176 Å². The zero-order valence-electron chi connectivity index (χ0n) is 17.9. The van der Waals surface area contributed by atoms with Gasteiger partial charge in [-0.25, -0.2) is 4.98 Å². The molecule has 3 aromatic rings. The molecule has 0 aliphatic heterocycles. The van der Waals surface area contributed by atoms with E-state index in [2.05, 4.69) is 38.6 Å². The van der Waals surface area contributed by atoms with E-state index in [1.165, 1.54) is 0 Å². The van der Waals surface area contributed by atoms with Crippen LogP contribution in [0.15, 0.2) is 24.3 Å². The molecule has 158 valence electrons. The summed E-state index contributed by atoms with van der Waals surface area (Å²) in [6.45, 7) is 9.70. The smallest absolute Gasteiger partial charge is 0.274 e. The first-order valence-corrected chi connectivity index (χ1v) is 10.8. The van der Waals surface area contributed by atoms with Gasteiger partial charge in [-0.2, -0.15) is 0 Å². The number of amides is 1. The van der Waals surface area contributed by atoms with Crippen molar-refractivity contribution in [3.63, 3.8) is 0 Å². The Morgan fingerprint density at radius 2 is 2.00 bits per heavy atom. The SMILES string of the molecule is CCN(CC)CCn1c(NC(=O)c2[nH]c3c(c2C)C(=O)CCC3)nc2ccccc21. The van der Waals surface area contributed by atoms with Gasteiger partial charge in [0.15, 0.2) is 5.78 Å². The third kappa shape index (κ3) is 3.65. The summed E-state index contributed by atoms with van der Waals surface area (Å²) >= 11 is 0. The van der Waals surface area contributed by atoms with Crippen LogP contribution in [0.1, 0.15) is 58.8 Å². The lowest BCUT2D eigenvalue weighted by Crippen LogP contribution is -2.28. The van der Waals surface area contributed by atoms with Crippen LogP contribution in [0.4, 0.5) is 5.95 Å². The Morgan fingerprint density at radius 3 is 2.73 bits per heavy atom. The maximum Gasteiger partial charge on any atom is 0.274 e. The van der Waals surface area contributed by atoms with Crippen LogP contribution in [-0.4, -0.2) is 50.8 Å². The van der Waals surface area contributed by atoms with Crippen molar-refractivity contribution in [2.45, 2.75) is 46.6 Å². The zero-order valence-corrected chi connectivity index (χ0v) is 17.9. The van der Waals surface area contributed by atoms with Crippen molar-refractivity contribution in [3.8, 4) is 0 Å². The number of aryl methyl sites for hydroxylation is 1. The molecule has 4 rings (SSSR count). The van der Waals surface area contributed by atoms with E-state index in [1.807, 2.05) is 31.2 Å². The Hall–Kier alpha value is -2.93. The zero-order chi connectivity index (χ0) is 21.3. The van der Waals surface area contributed by atoms with Crippen LogP contribution in [0.3, 0.4) is 0 Å². The summed E-state index contributed by atoms with van der Waals surface area (Å²) in [5, 5.41) is 2.99. The van der Waals surface area contributed by atoms with Crippen LogP contribution in [-0.2, 0) is 13.0 Å². The van der Waals surface area contributed by atoms with Gasteiger partial charge in [-0.15, -0.1) is 0 Å². The second-order valence-electron chi connectivity index (χ2n) is 7.81. The number of ketones is 1. The van der Waals surface area contributed by atoms with E-state index in [1.54, 1.807) is 0 Å². The predicted octanol–water partition coefficient (Wildman–Crippen LogP) is 3.79. The number of H-pyrrole nitrogens is 1. The van der Waals surface area contributed by atoms with Crippen molar-refractivity contribution in [2.24, 2.45) is 0 Å². The first-order chi connectivity index (χ1) is 14.5. The van der Waals surface area contributed by atoms with Gasteiger partial charge in [0.2, 0.25) is 5.95 Å². The van der Waals surface area contributed by atoms with Crippen LogP contribution in [0, 0.1) is 6.92 Å². The lowest BCUT2D eigenvalue weighted by Gasteiger charge is -2.19. The number of aromatic amines is 1. The maximum atomic E-state index is 13.1. The summed E-state index contributed by atoms with van der Waals surface area (Å²) in [6.07, 6.45) is 2.18. The number of likely N-dealkylation sites (N-methyl/N-ethyl adjacent to an activating group) is 1. The molecule has 1 amide bonds. The van der Waals surface area contributed by atoms with Crippen LogP contribution in [0.2, 0.25) is 0 Å². The van der Waals surface area contributed by atoms with Gasteiger partial charge in [0, 0.05) is 30.8 Å². The number of anilines is 1. The number of carbonyl (C=O) groups excluding carboxylic acids is 2. The summed E-state index contributed by atoms with van der Waals surface area (Å²) in [4.78, 5) is 35.6. The van der Waals surface area contributed by atoms with E-state index in [-0.39, 0.29) is 11.7 Å². The topological polar surface area (TPSA) is 83.0 Å². The minimum Gasteiger partial charge on any atom is -0.354 e. The third-order valence-corrected chi connectivity index (χ3v) is 6.08. The predicted molar refractivity (Wildman–Crippen MR) is 118 cm³/mol. The quantitative estimate of drug-likeness (QED) is 0.624. The van der Waals surface area contributed by atoms with Crippen LogP contribution in [0.5, 0.6) is 0 Å². The molecule has 7 heteroatoms. The van der Waals surface area contributed by atoms with Crippen molar-refractivity contribution in [1.82, 2.24) is 19.4 Å². The Balaban J connectivity index is 1.64. The third-order valence-electron chi connectivity index (χ3n) is 6.08. The minimum atomic E-state index is -0.255. The molecule has 0 fully saturated rings. The Bertz CT molecular complexity index is 1090. The average molecular weight is 408 g/mol. The molecule has 0 atom stereocenters. The number of nitrogens with one attached hydrogen (secondary N) is 2. The fourth-order valence-corrected chi connectivity index (χ4v) is 4.34. The van der Waals surface area contributed by atoms with Crippen molar-refractivity contribution < 1.29 is 9.59 Å². The first-order valence-electron chi connectivity index (χ1n) is 10.8. The lowest BCUT2D eigenvalue weighted by atomic mass is 9.94. The Kier molecular flexibility index (Phi) is 5.72. The molecule has 30 heavy (non-hydrogen) atoms. The molecule has 0 radical (unpaired) electrons. The van der Waals surface area contributed by atoms with Gasteiger partial charge in [0.1, 0.15) is 5.69 Å². The van der Waals surface area contributed by atoms with Gasteiger partial charge >= 0.3 is 0 Å². The summed E-state index contributed by atoms with van der Waals surface area (Å²) in [5.74, 6) is 0.399. The van der Waals surface area contributed by atoms with Crippen molar-refractivity contribution in [1.29, 1.82) is 0 Å². The van der Waals surface area contributed by atoms with Gasteiger partial charge in [0.05, 0.1) is 11.0 Å². The number of nitrogens with zero attached hydrogens (tertiary/aromatic N) is 3. The maximum absolute atomic E-state index is 13.1. The van der Waals surface area contributed by atoms with E-state index in [0.29, 0.717) is 23.6 Å². The van der Waals surface area contributed by atoms with Gasteiger partial charge in [0.25, 0.3) is 5.91 Å². The molecule has 1 aromatic carbocycles. The van der Waals surface area contributed by atoms with Gasteiger partial charge in [-0.05, 0) is 50.6 Å². The number of hydrogen-bond donors (Lipinski definition) is 2. The molecule has 1 aliphatic carbocycles. The van der Waals surface area contributed by atoms with Gasteiger partial charge in [-0.3, -0.25) is 14.9 Å². The fourth-order valence-electron chi connectivity index (χ4n) is 4.34. The second-order valence-corrected chi connectivity index (χ2v) is 7.81. The van der Waals surface area contributed by atoms with Crippen LogP contribution in [0.25, 0.3) is 11.0 Å². The normalized spacial score (nSPS) is 13.8. The molecule has 0 saturated heterocycles. The monoisotopic (exact) mass is 407 g/mol. The summed E-state index contributed by atoms with van der Waals surface area (Å²) in [6, 6.07) is 7.91. The lowest BCUT2D eigenvalue weighted by molar-refractivity contribution is 0.0971. The molecular formula is C23H29N5O2. The molecule has 0 saturated carbocycles. The number of para-hydroxylation sites is 2. The first kappa shape index (κ1) is 20.3. The number of rotatable bonds is 7. The number of fused-ring (bicyclic) bond motifs is 2. The highest BCUT2D eigenvalue weighted by molar-refractivity contribution is 6.08. The number of carbonyl (C=O) groups is 2. The van der Waals surface area contributed by atoms with E-state index < -0.39 is 0 Å². The van der Waals surface area contributed by atoms with Crippen molar-refractivity contribution in [3.05, 3.63) is 46.8 Å². The van der Waals surface area contributed by atoms with E-state index in [0.717, 1.165) is 61.3 Å². The van der Waals surface area contributed by atoms with E-state index in [9.17, 15) is 9.59 Å². The molecule has 2 N–H and O–H groups in total. The van der Waals surface area contributed by atoms with E-state index >= 15 is 0 Å². The minimum absolute atomic E-state index is 0.121. The molecule has 0 bridgehead atoms. The molecule has 1 aliphatic rings. The summed E-state index contributed by atoms with van der Waals surface area (Å²) in [7, 11) is 0. The molecule has 0 spiro atoms. The number of benzene rings is 1. The molecule has 2 aromatic heterocycles. The number of hydrogen-bond acceptors (Lipinski definition) is 4. The van der Waals surface area contributed by atoms with E-state index in [4.69, 9.17) is 0 Å². The number of imidazole rings is 1. The molecule has 7 nitrogen and oxygen atoms in total. The largest absolute Gasteiger partial charge is 0.354 e. The average Bonchev–Trinajstić information content (AvgIpc) is 3.27. The second kappa shape index (κ2) is 8.44. The standard InChI is InChI=1S/C23H29N5O2/c1-4-27(5-2)13-14-28-18-11-7-6-9-16(18)25-23(28)26-22(30)21-15(3)20-17(24-21)10-8-12-19(20)29/h6-7,9,11,24H,4-5,8,10,12-14H2,1-3H3,(H,25,26,30). The van der Waals surface area contributed by atoms with Crippen molar-refractivity contribution in [2.75, 3.05) is 25.0 Å². The number of Topliss-reactive ketones (excluding diaryl/α,β-unsaturated/α-hetero) is 1. The van der Waals surface area contributed by atoms with Crippen LogP contribution < -0.4 is 5.32 Å². The van der Waals surface area contributed by atoms with Gasteiger partial charge < -0.3 is 14.5 Å². The highest BCUT2D eigenvalue weighted by atomic mass is 16.2. The molecule has 2 heterocycles. The van der Waals surface area contributed by atoms with Gasteiger partial charge in [-0.1, -0.05) is 26.0 Å². The van der Waals surface area contributed by atoms with Crippen LogP contribution >= 0.6 is 0 Å². The molecule has 0 unspecified atom stereocenters. The Morgan fingerprint density at radius 1 is 1.23 bits per heavy atom. The summed E-state index contributed by atoms with van der Waals surface area (Å²) in [5.41, 5.74) is 4.61. The highest BCUT2D eigenvalue weighted by Crippen LogP contribution is 2.27. The summed E-state index contributed by atoms with van der Waals surface area (Å²) < 4.78 is 2.06.